The van der Waals surface area contributed by atoms with E-state index in [0.29, 0.717) is 0 Å². The Balaban J connectivity index is 1.69. The second-order valence-electron chi connectivity index (χ2n) is 13.0. The van der Waals surface area contributed by atoms with Crippen molar-refractivity contribution in [2.75, 3.05) is 5.79 Å². The van der Waals surface area contributed by atoms with Gasteiger partial charge < -0.3 is 0 Å². The van der Waals surface area contributed by atoms with Crippen LogP contribution in [0.15, 0.2) is 0 Å². The molecule has 0 heterocycles. The lowest BCUT2D eigenvalue weighted by Crippen LogP contribution is -2.52. The highest BCUT2D eigenvalue weighted by atomic mass is 31.1. The molecule has 4 heteroatoms. The third-order valence-electron chi connectivity index (χ3n) is 8.94. The minimum Gasteiger partial charge on any atom is -0.264 e. The van der Waals surface area contributed by atoms with Crippen molar-refractivity contribution < 1.29 is 0 Å². The topological polar surface area (TPSA) is 6.48 Å². The standard InChI is InChI=1S/C28H55N2PSi/c1-32(2,3)24-31(29(25-16-8-4-9-17-25)26-18-10-5-11-19-26)30(27-20-12-6-13-21-27)28-22-14-7-15-23-28/h25-28H,4-24H2,1-3H3. The van der Waals surface area contributed by atoms with Gasteiger partial charge in [0, 0.05) is 32.4 Å². The van der Waals surface area contributed by atoms with Crippen molar-refractivity contribution in [2.45, 2.75) is 172 Å². The lowest BCUT2D eigenvalue weighted by atomic mass is 9.90. The summed E-state index contributed by atoms with van der Waals surface area (Å²) in [6.45, 7) is 8.05. The van der Waals surface area contributed by atoms with Crippen molar-refractivity contribution >= 4 is 16.3 Å². The van der Waals surface area contributed by atoms with Crippen LogP contribution in [0.5, 0.6) is 0 Å². The monoisotopic (exact) mass is 478 g/mol. The average Bonchev–Trinajstić information content (AvgIpc) is 2.81. The van der Waals surface area contributed by atoms with E-state index in [-0.39, 0.29) is 8.22 Å². The number of rotatable bonds is 8. The molecule has 0 N–H and O–H groups in total. The molecule has 32 heavy (non-hydrogen) atoms. The second kappa shape index (κ2) is 12.5. The van der Waals surface area contributed by atoms with E-state index < -0.39 is 8.07 Å². The Kier molecular flexibility index (Phi) is 10.0. The summed E-state index contributed by atoms with van der Waals surface area (Å²) in [5.74, 6) is 1.57. The molecule has 0 unspecified atom stereocenters. The molecular weight excluding hydrogens is 423 g/mol. The van der Waals surface area contributed by atoms with Crippen LogP contribution in [-0.2, 0) is 0 Å². The summed E-state index contributed by atoms with van der Waals surface area (Å²) in [5, 5.41) is 0. The molecule has 0 saturated heterocycles. The second-order valence-corrected chi connectivity index (χ2v) is 21.1. The fraction of sp³-hybridized carbons (Fsp3) is 1.00. The van der Waals surface area contributed by atoms with Gasteiger partial charge in [-0.15, -0.1) is 0 Å². The highest BCUT2D eigenvalue weighted by molar-refractivity contribution is 7.56. The summed E-state index contributed by atoms with van der Waals surface area (Å²) in [5.41, 5.74) is 0. The molecule has 0 aromatic heterocycles. The summed E-state index contributed by atoms with van der Waals surface area (Å²) in [6.07, 6.45) is 30.0. The molecule has 0 spiro atoms. The van der Waals surface area contributed by atoms with Crippen LogP contribution >= 0.6 is 8.22 Å². The molecule has 4 rings (SSSR count). The highest BCUT2D eigenvalue weighted by Gasteiger charge is 2.43. The van der Waals surface area contributed by atoms with Gasteiger partial charge in [0.15, 0.2) is 0 Å². The van der Waals surface area contributed by atoms with E-state index in [1.807, 2.05) is 0 Å². The van der Waals surface area contributed by atoms with Crippen molar-refractivity contribution in [1.29, 1.82) is 0 Å². The van der Waals surface area contributed by atoms with E-state index in [0.717, 1.165) is 24.2 Å². The van der Waals surface area contributed by atoms with Gasteiger partial charge in [-0.05, 0) is 57.2 Å². The van der Waals surface area contributed by atoms with Crippen molar-refractivity contribution in [3.05, 3.63) is 0 Å². The van der Waals surface area contributed by atoms with E-state index in [9.17, 15) is 0 Å². The molecule has 4 fully saturated rings. The van der Waals surface area contributed by atoms with Gasteiger partial charge >= 0.3 is 0 Å². The molecule has 0 aliphatic heterocycles. The first-order valence-corrected chi connectivity index (χ1v) is 20.0. The quantitative estimate of drug-likeness (QED) is 0.253. The largest absolute Gasteiger partial charge is 0.264 e. The SMILES string of the molecule is C[Si](C)(C)CP(N(C1CCCCC1)C1CCCCC1)N(C1CCCCC1)C1CCCCC1. The number of hydrogen-bond donors (Lipinski definition) is 0. The molecule has 0 radical (unpaired) electrons. The van der Waals surface area contributed by atoms with Gasteiger partial charge in [0.05, 0.1) is 8.07 Å². The van der Waals surface area contributed by atoms with Crippen LogP contribution in [0.1, 0.15) is 128 Å². The van der Waals surface area contributed by atoms with Gasteiger partial charge in [0.25, 0.3) is 0 Å². The van der Waals surface area contributed by atoms with Crippen LogP contribution in [0.4, 0.5) is 0 Å². The Labute approximate surface area is 203 Å². The maximum absolute atomic E-state index is 3.33. The fourth-order valence-corrected chi connectivity index (χ4v) is 14.8. The molecule has 0 bridgehead atoms. The Morgan fingerprint density at radius 1 is 0.469 bits per heavy atom. The number of hydrogen-bond acceptors (Lipinski definition) is 2. The normalized spacial score (nSPS) is 26.4. The summed E-state index contributed by atoms with van der Waals surface area (Å²) < 4.78 is 6.66. The predicted molar refractivity (Wildman–Crippen MR) is 146 cm³/mol. The minimum atomic E-state index is -1.15. The molecule has 0 aromatic rings. The highest BCUT2D eigenvalue weighted by Crippen LogP contribution is 2.57. The molecule has 4 saturated carbocycles. The molecular formula is C28H55N2PSi. The van der Waals surface area contributed by atoms with Crippen LogP contribution in [0.2, 0.25) is 19.6 Å². The Morgan fingerprint density at radius 3 is 0.938 bits per heavy atom. The molecule has 4 aliphatic carbocycles. The number of nitrogens with zero attached hydrogens (tertiary/aromatic N) is 2. The van der Waals surface area contributed by atoms with Gasteiger partial charge in [-0.1, -0.05) is 96.7 Å². The van der Waals surface area contributed by atoms with Gasteiger partial charge in [0.2, 0.25) is 0 Å². The lowest BCUT2D eigenvalue weighted by Gasteiger charge is -2.55. The van der Waals surface area contributed by atoms with Gasteiger partial charge in [0.1, 0.15) is 0 Å². The van der Waals surface area contributed by atoms with Crippen molar-refractivity contribution in [3.63, 3.8) is 0 Å². The van der Waals surface area contributed by atoms with Crippen LogP contribution < -0.4 is 0 Å². The van der Waals surface area contributed by atoms with E-state index >= 15 is 0 Å². The first-order valence-electron chi connectivity index (χ1n) is 14.9. The van der Waals surface area contributed by atoms with E-state index in [1.54, 1.807) is 5.79 Å². The van der Waals surface area contributed by atoms with Gasteiger partial charge in [-0.25, -0.2) is 0 Å². The Morgan fingerprint density at radius 2 is 0.719 bits per heavy atom. The van der Waals surface area contributed by atoms with Crippen LogP contribution in [0, 0.1) is 0 Å². The van der Waals surface area contributed by atoms with E-state index in [2.05, 4.69) is 29.0 Å². The first-order chi connectivity index (χ1) is 15.5. The van der Waals surface area contributed by atoms with Crippen molar-refractivity contribution in [1.82, 2.24) is 9.34 Å². The van der Waals surface area contributed by atoms with Gasteiger partial charge in [-0.3, -0.25) is 9.34 Å². The smallest absolute Gasteiger partial charge is 0.0517 e. The van der Waals surface area contributed by atoms with Crippen molar-refractivity contribution in [2.24, 2.45) is 0 Å². The maximum Gasteiger partial charge on any atom is 0.0517 e. The van der Waals surface area contributed by atoms with Crippen LogP contribution in [0.25, 0.3) is 0 Å². The van der Waals surface area contributed by atoms with Crippen LogP contribution in [0.3, 0.4) is 0 Å². The molecule has 0 atom stereocenters. The maximum atomic E-state index is 3.33. The average molecular weight is 479 g/mol. The first kappa shape index (κ1) is 25.7. The Bertz CT molecular complexity index is 450. The molecule has 4 aliphatic rings. The summed E-state index contributed by atoms with van der Waals surface area (Å²) in [4.78, 5) is 0. The van der Waals surface area contributed by atoms with E-state index in [4.69, 9.17) is 0 Å². The summed E-state index contributed by atoms with van der Waals surface area (Å²) >= 11 is 0. The fourth-order valence-electron chi connectivity index (χ4n) is 7.44. The molecule has 186 valence electrons. The molecule has 0 aromatic carbocycles. The van der Waals surface area contributed by atoms with Gasteiger partial charge in [-0.2, -0.15) is 0 Å². The molecule has 0 amide bonds. The van der Waals surface area contributed by atoms with Crippen molar-refractivity contribution in [3.8, 4) is 0 Å². The zero-order valence-electron chi connectivity index (χ0n) is 22.0. The summed E-state index contributed by atoms with van der Waals surface area (Å²) in [7, 11) is -1.29. The third kappa shape index (κ3) is 7.05. The zero-order chi connectivity index (χ0) is 22.4. The zero-order valence-corrected chi connectivity index (χ0v) is 23.9. The predicted octanol–water partition coefficient (Wildman–Crippen LogP) is 9.11. The summed E-state index contributed by atoms with van der Waals surface area (Å²) in [6, 6.07) is 3.63. The van der Waals surface area contributed by atoms with Crippen LogP contribution in [-0.4, -0.2) is 47.4 Å². The van der Waals surface area contributed by atoms with E-state index in [1.165, 1.54) is 128 Å². The lowest BCUT2D eigenvalue weighted by molar-refractivity contribution is 0.133. The minimum absolute atomic E-state index is 0.139. The third-order valence-corrected chi connectivity index (χ3v) is 16.2. The Hall–Kier alpha value is 0.567. The molecule has 2 nitrogen and oxygen atoms in total.